The van der Waals surface area contributed by atoms with Crippen LogP contribution < -0.4 is 26.6 Å². The number of allylic oxidation sites excluding steroid dienone is 3. The minimum atomic E-state index is -0.641. The third kappa shape index (κ3) is 6.14. The Balaban J connectivity index is 1.52. The lowest BCUT2D eigenvalue weighted by Gasteiger charge is -2.34. The molecule has 3 N–H and O–H groups in total. The molecule has 6 heteroatoms. The van der Waals surface area contributed by atoms with Crippen molar-refractivity contribution in [2.45, 2.75) is 64.1 Å². The van der Waals surface area contributed by atoms with Gasteiger partial charge < -0.3 is 16.0 Å². The highest BCUT2D eigenvalue weighted by Gasteiger charge is 2.28. The van der Waals surface area contributed by atoms with Gasteiger partial charge in [-0.2, -0.15) is 0 Å². The van der Waals surface area contributed by atoms with Crippen LogP contribution in [0.2, 0.25) is 0 Å². The fraction of sp³-hybridized carbons (Fsp3) is 0.357. The van der Waals surface area contributed by atoms with Gasteiger partial charge in [0.05, 0.1) is 0 Å². The Hall–Kier alpha value is -2.49. The maximum atomic E-state index is 11.6. The number of amides is 1. The molecule has 0 unspecified atom stereocenters. The van der Waals surface area contributed by atoms with E-state index in [1.807, 2.05) is 0 Å². The van der Waals surface area contributed by atoms with E-state index in [1.165, 1.54) is 21.5 Å². The standard InChI is InChI=1S/C28H34N3OPS/c1-20(29-28(34)31-26-18-10-9-17-25(26)30-21(2)32)24-16-11-19-27(24)33(22-12-5-3-6-13-22)23-14-7-4-8-15-23/h3-8,11-15,19-20,25-26H,9-10,16-18H2,1-2H3,(H,30,32)(H2,29,31,34)/t20-,25+,26+/m1/s1. The predicted molar refractivity (Wildman–Crippen MR) is 148 cm³/mol. The zero-order valence-electron chi connectivity index (χ0n) is 20.0. The molecule has 0 aromatic heterocycles. The van der Waals surface area contributed by atoms with E-state index in [2.05, 4.69) is 95.7 Å². The monoisotopic (exact) mass is 491 g/mol. The Bertz CT molecular complexity index is 1010. The minimum Gasteiger partial charge on any atom is -0.358 e. The van der Waals surface area contributed by atoms with Gasteiger partial charge in [-0.05, 0) is 67.8 Å². The Morgan fingerprint density at radius 2 is 1.50 bits per heavy atom. The van der Waals surface area contributed by atoms with Crippen molar-refractivity contribution < 1.29 is 4.79 Å². The largest absolute Gasteiger partial charge is 0.358 e. The lowest BCUT2D eigenvalue weighted by Crippen LogP contribution is -2.55. The number of rotatable bonds is 7. The molecule has 2 aromatic carbocycles. The second-order valence-electron chi connectivity index (χ2n) is 9.06. The first kappa shape index (κ1) is 24.6. The van der Waals surface area contributed by atoms with E-state index >= 15 is 0 Å². The third-order valence-corrected chi connectivity index (χ3v) is 9.34. The van der Waals surface area contributed by atoms with Gasteiger partial charge in [-0.3, -0.25) is 4.79 Å². The highest BCUT2D eigenvalue weighted by Crippen LogP contribution is 2.48. The van der Waals surface area contributed by atoms with Crippen LogP contribution >= 0.6 is 20.1 Å². The van der Waals surface area contributed by atoms with Crippen molar-refractivity contribution in [3.8, 4) is 0 Å². The molecule has 2 aliphatic carbocycles. The Morgan fingerprint density at radius 3 is 2.06 bits per heavy atom. The van der Waals surface area contributed by atoms with Gasteiger partial charge in [0.2, 0.25) is 5.91 Å². The summed E-state index contributed by atoms with van der Waals surface area (Å²) >= 11 is 5.73. The van der Waals surface area contributed by atoms with Crippen molar-refractivity contribution in [1.82, 2.24) is 16.0 Å². The van der Waals surface area contributed by atoms with Gasteiger partial charge in [0.15, 0.2) is 5.11 Å². The topological polar surface area (TPSA) is 53.2 Å². The molecule has 1 fully saturated rings. The molecule has 0 spiro atoms. The van der Waals surface area contributed by atoms with Crippen LogP contribution in [-0.2, 0) is 4.79 Å². The molecule has 1 saturated carbocycles. The first-order chi connectivity index (χ1) is 16.5. The van der Waals surface area contributed by atoms with Crippen molar-refractivity contribution in [1.29, 1.82) is 0 Å². The molecule has 4 nitrogen and oxygen atoms in total. The molecule has 2 aromatic rings. The molecule has 34 heavy (non-hydrogen) atoms. The van der Waals surface area contributed by atoms with Gasteiger partial charge in [0, 0.05) is 25.0 Å². The molecule has 0 aliphatic heterocycles. The number of carbonyl (C=O) groups is 1. The molecular formula is C28H34N3OPS. The summed E-state index contributed by atoms with van der Waals surface area (Å²) in [6.07, 6.45) is 9.82. The smallest absolute Gasteiger partial charge is 0.217 e. The van der Waals surface area contributed by atoms with Gasteiger partial charge in [-0.1, -0.05) is 85.7 Å². The number of thiocarbonyl (C=S) groups is 1. The van der Waals surface area contributed by atoms with Crippen molar-refractivity contribution in [2.75, 3.05) is 0 Å². The molecule has 0 heterocycles. The molecule has 2 aliphatic rings. The van der Waals surface area contributed by atoms with E-state index in [4.69, 9.17) is 12.2 Å². The summed E-state index contributed by atoms with van der Waals surface area (Å²) in [4.78, 5) is 11.6. The number of hydrogen-bond donors (Lipinski definition) is 3. The van der Waals surface area contributed by atoms with Crippen LogP contribution in [0.15, 0.2) is 83.7 Å². The average Bonchev–Trinajstić information content (AvgIpc) is 3.31. The maximum absolute atomic E-state index is 11.6. The maximum Gasteiger partial charge on any atom is 0.217 e. The number of nitrogens with one attached hydrogen (secondary N) is 3. The fourth-order valence-electron chi connectivity index (χ4n) is 4.94. The van der Waals surface area contributed by atoms with E-state index in [-0.39, 0.29) is 24.0 Å². The zero-order chi connectivity index (χ0) is 23.9. The second-order valence-corrected chi connectivity index (χ2v) is 11.7. The van der Waals surface area contributed by atoms with Crippen LogP contribution in [0.4, 0.5) is 0 Å². The summed E-state index contributed by atoms with van der Waals surface area (Å²) in [6.45, 7) is 3.79. The Kier molecular flexibility index (Phi) is 8.53. The molecule has 1 amide bonds. The first-order valence-electron chi connectivity index (χ1n) is 12.2. The highest BCUT2D eigenvalue weighted by molar-refractivity contribution is 7.80. The summed E-state index contributed by atoms with van der Waals surface area (Å²) in [6, 6.07) is 22.1. The predicted octanol–water partition coefficient (Wildman–Crippen LogP) is 4.63. The number of hydrogen-bond acceptors (Lipinski definition) is 2. The quantitative estimate of drug-likeness (QED) is 0.390. The number of carbonyl (C=O) groups excluding carboxylic acids is 1. The molecule has 178 valence electrons. The normalized spacial score (nSPS) is 20.8. The summed E-state index contributed by atoms with van der Waals surface area (Å²) in [7, 11) is -0.641. The van der Waals surface area contributed by atoms with E-state index in [0.29, 0.717) is 5.11 Å². The van der Waals surface area contributed by atoms with Crippen LogP contribution in [0.25, 0.3) is 0 Å². The van der Waals surface area contributed by atoms with Gasteiger partial charge in [0.25, 0.3) is 0 Å². The van der Waals surface area contributed by atoms with E-state index < -0.39 is 7.92 Å². The van der Waals surface area contributed by atoms with Crippen LogP contribution in [0, 0.1) is 0 Å². The van der Waals surface area contributed by atoms with E-state index in [0.717, 1.165) is 32.1 Å². The van der Waals surface area contributed by atoms with Crippen LogP contribution in [0.3, 0.4) is 0 Å². The van der Waals surface area contributed by atoms with Crippen molar-refractivity contribution in [3.63, 3.8) is 0 Å². The molecule has 0 saturated heterocycles. The summed E-state index contributed by atoms with van der Waals surface area (Å²) in [5.74, 6) is 0.0213. The first-order valence-corrected chi connectivity index (χ1v) is 13.9. The lowest BCUT2D eigenvalue weighted by atomic mass is 9.90. The lowest BCUT2D eigenvalue weighted by molar-refractivity contribution is -0.120. The van der Waals surface area contributed by atoms with Crippen LogP contribution in [0.1, 0.15) is 46.0 Å². The average molecular weight is 492 g/mol. The van der Waals surface area contributed by atoms with Crippen molar-refractivity contribution in [3.05, 3.63) is 83.7 Å². The van der Waals surface area contributed by atoms with E-state index in [1.54, 1.807) is 6.92 Å². The van der Waals surface area contributed by atoms with Crippen LogP contribution in [0.5, 0.6) is 0 Å². The Labute approximate surface area is 210 Å². The molecular weight excluding hydrogens is 457 g/mol. The van der Waals surface area contributed by atoms with Crippen molar-refractivity contribution >= 4 is 41.8 Å². The molecule has 0 radical (unpaired) electrons. The zero-order valence-corrected chi connectivity index (χ0v) is 21.7. The highest BCUT2D eigenvalue weighted by atomic mass is 32.1. The van der Waals surface area contributed by atoms with Gasteiger partial charge in [-0.15, -0.1) is 0 Å². The third-order valence-electron chi connectivity index (χ3n) is 6.55. The molecule has 3 atom stereocenters. The molecule has 4 rings (SSSR count). The van der Waals surface area contributed by atoms with Gasteiger partial charge in [-0.25, -0.2) is 0 Å². The fourth-order valence-corrected chi connectivity index (χ4v) is 7.89. The van der Waals surface area contributed by atoms with Crippen LogP contribution in [-0.4, -0.2) is 29.1 Å². The molecule has 0 bridgehead atoms. The number of benzene rings is 2. The van der Waals surface area contributed by atoms with E-state index in [9.17, 15) is 4.79 Å². The summed E-state index contributed by atoms with van der Waals surface area (Å²) in [5, 5.41) is 14.9. The van der Waals surface area contributed by atoms with Crippen molar-refractivity contribution in [2.24, 2.45) is 0 Å². The summed E-state index contributed by atoms with van der Waals surface area (Å²) < 4.78 is 0. The SMILES string of the molecule is CC(=O)N[C@H]1CCCC[C@@H]1NC(=S)N[C@H](C)C1=C(P(c2ccccc2)c2ccccc2)C=CC1. The van der Waals surface area contributed by atoms with Gasteiger partial charge in [0.1, 0.15) is 0 Å². The Morgan fingerprint density at radius 1 is 0.941 bits per heavy atom. The second kappa shape index (κ2) is 11.8. The summed E-state index contributed by atoms with van der Waals surface area (Å²) in [5.41, 5.74) is 1.39. The van der Waals surface area contributed by atoms with Gasteiger partial charge >= 0.3 is 0 Å². The minimum absolute atomic E-state index is 0.0213.